The molecular formula is C12H18NO5P. The molecule has 0 bridgehead atoms. The Bertz CT molecular complexity index is 444. The first kappa shape index (κ1) is 17.5. The molecule has 0 aliphatic rings. The minimum Gasteiger partial charge on any atom is -0.508 e. The monoisotopic (exact) mass is 287 g/mol. The van der Waals surface area contributed by atoms with Gasteiger partial charge in [-0.2, -0.15) is 5.26 Å². The summed E-state index contributed by atoms with van der Waals surface area (Å²) in [6, 6.07) is 7.26. The molecule has 0 saturated carbocycles. The Labute approximate surface area is 112 Å². The van der Waals surface area contributed by atoms with Crippen LogP contribution in [0.4, 0.5) is 0 Å². The lowest BCUT2D eigenvalue weighted by Gasteiger charge is -2.05. The van der Waals surface area contributed by atoms with E-state index in [-0.39, 0.29) is 11.5 Å². The van der Waals surface area contributed by atoms with Gasteiger partial charge in [-0.05, 0) is 37.1 Å². The number of phosphoric ester groups is 1. The molecule has 0 heterocycles. The molecule has 0 fully saturated rings. The third-order valence-corrected chi connectivity index (χ3v) is 2.68. The van der Waals surface area contributed by atoms with E-state index < -0.39 is 7.82 Å². The first-order valence-corrected chi connectivity index (χ1v) is 7.29. The normalized spacial score (nSPS) is 10.3. The van der Waals surface area contributed by atoms with E-state index in [0.29, 0.717) is 5.92 Å². The van der Waals surface area contributed by atoms with Crippen molar-refractivity contribution in [3.05, 3.63) is 24.3 Å². The van der Waals surface area contributed by atoms with Crippen LogP contribution in [0, 0.1) is 17.2 Å². The van der Waals surface area contributed by atoms with Crippen molar-refractivity contribution in [1.82, 2.24) is 0 Å². The smallest absolute Gasteiger partial charge is 0.508 e. The highest BCUT2D eigenvalue weighted by Crippen LogP contribution is 2.37. The van der Waals surface area contributed by atoms with Crippen LogP contribution in [0.1, 0.15) is 26.7 Å². The maximum atomic E-state index is 10.3. The van der Waals surface area contributed by atoms with Crippen LogP contribution in [-0.4, -0.2) is 14.9 Å². The summed E-state index contributed by atoms with van der Waals surface area (Å²) in [5.74, 6) is 0.314. The Morgan fingerprint density at radius 1 is 1.26 bits per heavy atom. The average Bonchev–Trinajstić information content (AvgIpc) is 2.34. The summed E-state index contributed by atoms with van der Waals surface area (Å²) in [4.78, 5) is 16.7. The number of rotatable bonds is 4. The maximum Gasteiger partial charge on any atom is 0.524 e. The predicted molar refractivity (Wildman–Crippen MR) is 70.5 cm³/mol. The molecular weight excluding hydrogens is 269 g/mol. The van der Waals surface area contributed by atoms with Crippen LogP contribution in [0.15, 0.2) is 24.3 Å². The SMILES string of the molecule is CCC(C#N)CC.O=P(O)(O)Oc1ccc(O)cc1. The van der Waals surface area contributed by atoms with E-state index in [0.717, 1.165) is 12.8 Å². The molecule has 0 aliphatic heterocycles. The van der Waals surface area contributed by atoms with Gasteiger partial charge in [0.2, 0.25) is 0 Å². The Kier molecular flexibility index (Phi) is 7.85. The summed E-state index contributed by atoms with van der Waals surface area (Å²) < 4.78 is 14.5. The van der Waals surface area contributed by atoms with Crippen LogP contribution in [0.3, 0.4) is 0 Å². The topological polar surface area (TPSA) is 111 Å². The molecule has 0 aromatic heterocycles. The lowest BCUT2D eigenvalue weighted by atomic mass is 10.1. The highest BCUT2D eigenvalue weighted by atomic mass is 31.2. The zero-order valence-electron chi connectivity index (χ0n) is 10.9. The van der Waals surface area contributed by atoms with Crippen LogP contribution >= 0.6 is 7.82 Å². The molecule has 19 heavy (non-hydrogen) atoms. The lowest BCUT2D eigenvalue weighted by Crippen LogP contribution is -1.88. The van der Waals surface area contributed by atoms with Crippen LogP contribution in [-0.2, 0) is 4.57 Å². The second-order valence-corrected chi connectivity index (χ2v) is 4.88. The zero-order valence-corrected chi connectivity index (χ0v) is 11.7. The molecule has 0 aliphatic carbocycles. The average molecular weight is 287 g/mol. The second kappa shape index (κ2) is 8.54. The minimum absolute atomic E-state index is 0.00746. The summed E-state index contributed by atoms with van der Waals surface area (Å²) in [7, 11) is -4.48. The van der Waals surface area contributed by atoms with E-state index in [9.17, 15) is 4.57 Å². The first-order valence-electron chi connectivity index (χ1n) is 5.76. The van der Waals surface area contributed by atoms with Crippen LogP contribution < -0.4 is 4.52 Å². The fourth-order valence-electron chi connectivity index (χ4n) is 1.12. The highest BCUT2D eigenvalue weighted by Gasteiger charge is 2.15. The summed E-state index contributed by atoms with van der Waals surface area (Å²) in [5.41, 5.74) is 0. The number of nitriles is 1. The molecule has 106 valence electrons. The number of aromatic hydroxyl groups is 1. The van der Waals surface area contributed by atoms with Gasteiger partial charge in [-0.1, -0.05) is 13.8 Å². The predicted octanol–water partition coefficient (Wildman–Crippen LogP) is 2.81. The number of nitrogens with zero attached hydrogens (tertiary/aromatic N) is 1. The zero-order chi connectivity index (χ0) is 14.9. The van der Waals surface area contributed by atoms with E-state index in [2.05, 4.69) is 10.6 Å². The number of benzene rings is 1. The molecule has 0 amide bonds. The summed E-state index contributed by atoms with van der Waals surface area (Å²) in [6.07, 6.45) is 1.99. The highest BCUT2D eigenvalue weighted by molar-refractivity contribution is 7.46. The third-order valence-electron chi connectivity index (χ3n) is 2.23. The van der Waals surface area contributed by atoms with E-state index in [1.807, 2.05) is 13.8 Å². The molecule has 1 aromatic rings. The van der Waals surface area contributed by atoms with Gasteiger partial charge >= 0.3 is 7.82 Å². The van der Waals surface area contributed by atoms with Crippen molar-refractivity contribution in [2.75, 3.05) is 0 Å². The second-order valence-electron chi connectivity index (χ2n) is 3.72. The van der Waals surface area contributed by atoms with Crippen molar-refractivity contribution in [2.24, 2.45) is 5.92 Å². The molecule has 1 rings (SSSR count). The Morgan fingerprint density at radius 2 is 1.74 bits per heavy atom. The largest absolute Gasteiger partial charge is 0.524 e. The van der Waals surface area contributed by atoms with Gasteiger partial charge in [0.15, 0.2) is 0 Å². The van der Waals surface area contributed by atoms with E-state index in [1.54, 1.807) is 0 Å². The number of phosphoric acid groups is 1. The molecule has 1 aromatic carbocycles. The van der Waals surface area contributed by atoms with Gasteiger partial charge in [0.25, 0.3) is 0 Å². The summed E-state index contributed by atoms with van der Waals surface area (Å²) in [6.45, 7) is 4.08. The Morgan fingerprint density at radius 3 is 2.00 bits per heavy atom. The summed E-state index contributed by atoms with van der Waals surface area (Å²) >= 11 is 0. The van der Waals surface area contributed by atoms with Crippen molar-refractivity contribution in [2.45, 2.75) is 26.7 Å². The minimum atomic E-state index is -4.48. The van der Waals surface area contributed by atoms with Crippen LogP contribution in [0.5, 0.6) is 11.5 Å². The number of hydrogen-bond acceptors (Lipinski definition) is 4. The van der Waals surface area contributed by atoms with Gasteiger partial charge < -0.3 is 9.63 Å². The van der Waals surface area contributed by atoms with E-state index in [1.165, 1.54) is 24.3 Å². The molecule has 3 N–H and O–H groups in total. The van der Waals surface area contributed by atoms with E-state index >= 15 is 0 Å². The molecule has 7 heteroatoms. The van der Waals surface area contributed by atoms with Crippen molar-refractivity contribution >= 4 is 7.82 Å². The fourth-order valence-corrected chi connectivity index (χ4v) is 1.51. The molecule has 0 spiro atoms. The third kappa shape index (κ3) is 9.09. The maximum absolute atomic E-state index is 10.3. The number of phenolic OH excluding ortho intramolecular Hbond substituents is 1. The van der Waals surface area contributed by atoms with Crippen LogP contribution in [0.25, 0.3) is 0 Å². The molecule has 6 nitrogen and oxygen atoms in total. The molecule has 0 radical (unpaired) electrons. The van der Waals surface area contributed by atoms with Gasteiger partial charge in [0, 0.05) is 5.92 Å². The van der Waals surface area contributed by atoms with Crippen molar-refractivity contribution in [3.8, 4) is 17.6 Å². The van der Waals surface area contributed by atoms with Crippen molar-refractivity contribution < 1.29 is 24.0 Å². The van der Waals surface area contributed by atoms with Gasteiger partial charge in [-0.15, -0.1) is 0 Å². The Hall–Kier alpha value is -1.54. The van der Waals surface area contributed by atoms with Gasteiger partial charge in [-0.25, -0.2) is 4.57 Å². The van der Waals surface area contributed by atoms with Gasteiger partial charge in [-0.3, -0.25) is 9.79 Å². The lowest BCUT2D eigenvalue weighted by molar-refractivity contribution is 0.283. The first-order chi connectivity index (χ1) is 8.82. The molecule has 0 saturated heterocycles. The van der Waals surface area contributed by atoms with Gasteiger partial charge in [0.05, 0.1) is 6.07 Å². The molecule has 0 unspecified atom stereocenters. The van der Waals surface area contributed by atoms with Crippen molar-refractivity contribution in [3.63, 3.8) is 0 Å². The number of hydrogen-bond donors (Lipinski definition) is 3. The van der Waals surface area contributed by atoms with Crippen molar-refractivity contribution in [1.29, 1.82) is 5.26 Å². The van der Waals surface area contributed by atoms with Crippen LogP contribution in [0.2, 0.25) is 0 Å². The van der Waals surface area contributed by atoms with E-state index in [4.69, 9.17) is 20.2 Å². The van der Waals surface area contributed by atoms with Gasteiger partial charge in [0.1, 0.15) is 11.5 Å². The fraction of sp³-hybridized carbons (Fsp3) is 0.417. The quantitative estimate of drug-likeness (QED) is 0.734. The Balaban J connectivity index is 0.000000399. The molecule has 0 atom stereocenters. The number of phenols is 1. The standard InChI is InChI=1S/C6H11N.C6H7O5P/c1-3-6(4-2)5-7;7-5-1-3-6(4-2-5)11-12(8,9)10/h6H,3-4H2,1-2H3;1-4,7H,(H2,8,9,10). The summed E-state index contributed by atoms with van der Waals surface area (Å²) in [5, 5.41) is 17.1.